The molecule has 6 heteroatoms. The van der Waals surface area contributed by atoms with E-state index >= 15 is 0 Å². The number of nitrogens with zero attached hydrogens (tertiary/aromatic N) is 2. The number of nitrogens with one attached hydrogen (secondary N) is 2. The maximum absolute atomic E-state index is 11.8. The maximum Gasteiger partial charge on any atom is 0.291 e. The van der Waals surface area contributed by atoms with Crippen molar-refractivity contribution in [1.82, 2.24) is 15.6 Å². The highest BCUT2D eigenvalue weighted by atomic mass is 16.3. The molecule has 0 unspecified atom stereocenters. The van der Waals surface area contributed by atoms with Gasteiger partial charge in [0.25, 0.3) is 5.91 Å². The summed E-state index contributed by atoms with van der Waals surface area (Å²) in [5.74, 6) is 0.360. The molecule has 0 saturated carbocycles. The van der Waals surface area contributed by atoms with Gasteiger partial charge in [-0.15, -0.1) is 0 Å². The lowest BCUT2D eigenvalue weighted by atomic mass is 9.92. The summed E-state index contributed by atoms with van der Waals surface area (Å²) in [7, 11) is 0. The van der Waals surface area contributed by atoms with Crippen LogP contribution in [0.5, 0.6) is 0 Å². The number of allylic oxidation sites excluding steroid dienone is 1. The van der Waals surface area contributed by atoms with Crippen LogP contribution >= 0.6 is 0 Å². The first-order valence-electron chi connectivity index (χ1n) is 6.56. The van der Waals surface area contributed by atoms with Crippen molar-refractivity contribution in [1.29, 1.82) is 0 Å². The van der Waals surface area contributed by atoms with Crippen LogP contribution in [-0.4, -0.2) is 22.3 Å². The summed E-state index contributed by atoms with van der Waals surface area (Å²) in [5.41, 5.74) is 3.54. The van der Waals surface area contributed by atoms with E-state index in [9.17, 15) is 4.79 Å². The number of aromatic amines is 1. The standard InChI is InChI=1S/C15H18N4O2/c1-15(2,3)13-10-12(17-18-13)14(20)19-16-8-4-6-11-7-5-9-21-11/h4-10H,1-3H3,(H,17,18)(H,19,20). The van der Waals surface area contributed by atoms with Crippen LogP contribution in [0.3, 0.4) is 0 Å². The Labute approximate surface area is 122 Å². The molecule has 0 spiro atoms. The number of H-pyrrole nitrogens is 1. The van der Waals surface area contributed by atoms with E-state index in [4.69, 9.17) is 4.42 Å². The van der Waals surface area contributed by atoms with E-state index in [0.717, 1.165) is 11.5 Å². The maximum atomic E-state index is 11.8. The molecule has 0 bridgehead atoms. The zero-order valence-electron chi connectivity index (χ0n) is 12.3. The van der Waals surface area contributed by atoms with Gasteiger partial charge in [0.05, 0.1) is 6.26 Å². The van der Waals surface area contributed by atoms with Crippen LogP contribution in [0, 0.1) is 0 Å². The predicted octanol–water partition coefficient (Wildman–Crippen LogP) is 2.73. The van der Waals surface area contributed by atoms with Gasteiger partial charge in [0.2, 0.25) is 0 Å². The summed E-state index contributed by atoms with van der Waals surface area (Å²) in [4.78, 5) is 11.8. The van der Waals surface area contributed by atoms with E-state index in [-0.39, 0.29) is 11.3 Å². The van der Waals surface area contributed by atoms with Crippen LogP contribution in [0.1, 0.15) is 42.7 Å². The van der Waals surface area contributed by atoms with E-state index in [2.05, 4.69) is 20.7 Å². The van der Waals surface area contributed by atoms with Crippen molar-refractivity contribution in [2.75, 3.05) is 0 Å². The van der Waals surface area contributed by atoms with Crippen molar-refractivity contribution in [2.24, 2.45) is 5.10 Å². The Morgan fingerprint density at radius 1 is 1.48 bits per heavy atom. The molecule has 2 N–H and O–H groups in total. The van der Waals surface area contributed by atoms with Crippen LogP contribution in [0.2, 0.25) is 0 Å². The number of hydrazone groups is 1. The minimum Gasteiger partial charge on any atom is -0.465 e. The highest BCUT2D eigenvalue weighted by molar-refractivity contribution is 5.93. The second kappa shape index (κ2) is 6.21. The van der Waals surface area contributed by atoms with Gasteiger partial charge < -0.3 is 4.42 Å². The number of amides is 1. The summed E-state index contributed by atoms with van der Waals surface area (Å²) in [6.45, 7) is 6.12. The van der Waals surface area contributed by atoms with Gasteiger partial charge in [-0.25, -0.2) is 5.43 Å². The van der Waals surface area contributed by atoms with Gasteiger partial charge in [0, 0.05) is 17.3 Å². The van der Waals surface area contributed by atoms with Gasteiger partial charge in [-0.1, -0.05) is 20.8 Å². The molecule has 2 aromatic heterocycles. The summed E-state index contributed by atoms with van der Waals surface area (Å²) in [6, 6.07) is 5.34. The highest BCUT2D eigenvalue weighted by Crippen LogP contribution is 2.20. The first kappa shape index (κ1) is 14.8. The summed E-state index contributed by atoms with van der Waals surface area (Å²) < 4.78 is 5.12. The zero-order valence-corrected chi connectivity index (χ0v) is 12.3. The number of carbonyl (C=O) groups excluding carboxylic acids is 1. The number of rotatable bonds is 4. The smallest absolute Gasteiger partial charge is 0.291 e. The molecule has 0 saturated heterocycles. The Morgan fingerprint density at radius 2 is 2.29 bits per heavy atom. The van der Waals surface area contributed by atoms with E-state index < -0.39 is 0 Å². The fourth-order valence-corrected chi connectivity index (χ4v) is 1.54. The van der Waals surface area contributed by atoms with Crippen LogP contribution in [-0.2, 0) is 5.41 Å². The summed E-state index contributed by atoms with van der Waals surface area (Å²) in [5, 5.41) is 10.6. The average Bonchev–Trinajstić information content (AvgIpc) is 3.08. The zero-order chi connectivity index (χ0) is 15.3. The largest absolute Gasteiger partial charge is 0.465 e. The molecule has 0 fully saturated rings. The fourth-order valence-electron chi connectivity index (χ4n) is 1.54. The second-order valence-electron chi connectivity index (χ2n) is 5.51. The average molecular weight is 286 g/mol. The second-order valence-corrected chi connectivity index (χ2v) is 5.51. The molecular weight excluding hydrogens is 268 g/mol. The van der Waals surface area contributed by atoms with Crippen molar-refractivity contribution in [3.63, 3.8) is 0 Å². The van der Waals surface area contributed by atoms with Crippen LogP contribution in [0.15, 0.2) is 40.1 Å². The summed E-state index contributed by atoms with van der Waals surface area (Å²) >= 11 is 0. The SMILES string of the molecule is CC(C)(C)c1cc(C(=O)NN=CC=Cc2ccco2)n[nH]1. The highest BCUT2D eigenvalue weighted by Gasteiger charge is 2.18. The molecule has 2 rings (SSSR count). The molecule has 6 nitrogen and oxygen atoms in total. The fraction of sp³-hybridized carbons (Fsp3) is 0.267. The molecule has 0 aliphatic rings. The first-order chi connectivity index (χ1) is 9.97. The minimum atomic E-state index is -0.357. The monoisotopic (exact) mass is 286 g/mol. The number of carbonyl (C=O) groups is 1. The first-order valence-corrected chi connectivity index (χ1v) is 6.56. The van der Waals surface area contributed by atoms with Crippen LogP contribution in [0.25, 0.3) is 6.08 Å². The normalized spacial score (nSPS) is 12.3. The Hall–Kier alpha value is -2.63. The van der Waals surface area contributed by atoms with Crippen molar-refractivity contribution in [3.8, 4) is 0 Å². The lowest BCUT2D eigenvalue weighted by molar-refractivity contribution is 0.0950. The van der Waals surface area contributed by atoms with Crippen molar-refractivity contribution >= 4 is 18.2 Å². The summed E-state index contributed by atoms with van der Waals surface area (Å²) in [6.07, 6.45) is 6.47. The topological polar surface area (TPSA) is 83.3 Å². The molecule has 21 heavy (non-hydrogen) atoms. The third-order valence-corrected chi connectivity index (χ3v) is 2.75. The molecule has 0 aliphatic heterocycles. The van der Waals surface area contributed by atoms with Gasteiger partial charge in [-0.05, 0) is 30.4 Å². The van der Waals surface area contributed by atoms with Crippen molar-refractivity contribution < 1.29 is 9.21 Å². The minimum absolute atomic E-state index is 0.0828. The number of aromatic nitrogens is 2. The lowest BCUT2D eigenvalue weighted by Gasteiger charge is -2.14. The molecule has 0 radical (unpaired) electrons. The van der Waals surface area contributed by atoms with Crippen molar-refractivity contribution in [2.45, 2.75) is 26.2 Å². The van der Waals surface area contributed by atoms with E-state index in [1.165, 1.54) is 6.21 Å². The van der Waals surface area contributed by atoms with E-state index in [0.29, 0.717) is 5.69 Å². The molecule has 2 aromatic rings. The molecule has 1 amide bonds. The van der Waals surface area contributed by atoms with Gasteiger partial charge in [0.1, 0.15) is 5.76 Å². The lowest BCUT2D eigenvalue weighted by Crippen LogP contribution is -2.17. The molecule has 0 atom stereocenters. The quantitative estimate of drug-likeness (QED) is 0.669. The Balaban J connectivity index is 1.88. The van der Waals surface area contributed by atoms with E-state index in [1.807, 2.05) is 26.8 Å². The van der Waals surface area contributed by atoms with Crippen LogP contribution < -0.4 is 5.43 Å². The van der Waals surface area contributed by atoms with E-state index in [1.54, 1.807) is 30.5 Å². The predicted molar refractivity (Wildman–Crippen MR) is 81.0 cm³/mol. The molecule has 2 heterocycles. The van der Waals surface area contributed by atoms with Crippen LogP contribution in [0.4, 0.5) is 0 Å². The molecule has 110 valence electrons. The third kappa shape index (κ3) is 4.17. The van der Waals surface area contributed by atoms with Gasteiger partial charge in [0.15, 0.2) is 5.69 Å². The van der Waals surface area contributed by atoms with Crippen molar-refractivity contribution in [3.05, 3.63) is 47.7 Å². The molecule has 0 aromatic carbocycles. The Bertz CT molecular complexity index is 646. The van der Waals surface area contributed by atoms with Gasteiger partial charge in [-0.2, -0.15) is 10.2 Å². The van der Waals surface area contributed by atoms with Gasteiger partial charge in [-0.3, -0.25) is 9.89 Å². The third-order valence-electron chi connectivity index (χ3n) is 2.75. The number of furan rings is 1. The molecule has 0 aliphatic carbocycles. The Kier molecular flexibility index (Phi) is 4.37. The van der Waals surface area contributed by atoms with Gasteiger partial charge >= 0.3 is 0 Å². The molecular formula is C15H18N4O2. The Morgan fingerprint density at radius 3 is 2.90 bits per heavy atom. The number of hydrogen-bond donors (Lipinski definition) is 2. The number of hydrogen-bond acceptors (Lipinski definition) is 4.